The topological polar surface area (TPSA) is 211 Å². The van der Waals surface area contributed by atoms with Gasteiger partial charge in [0.1, 0.15) is 34.9 Å². The fourth-order valence-corrected chi connectivity index (χ4v) is 8.36. The highest BCUT2D eigenvalue weighted by Gasteiger charge is 2.45. The molecule has 0 radical (unpaired) electrons. The standard InChI is InChI=1S/C25H28FN5O3.C23H24FN5O3/c1-3-34-24(33)25(16-18-7-5-9-20(28-18)29-21-10-13-27-30-21)11-14-31(15-12-25)23(32)19-8-4-6-17(2)22(19)26;1-15-4-2-6-17(20(15)24)21(30)29-12-9-23(10-13-29,22(31)32)14-16-5-3-7-18(26-16)27-19-8-11-25-28-19/h4-10,13H,3,11-12,14-16H2,1-2H3,(H2,27,28,29,30);2-8,11H,9-10,12-14H2,1H3,(H,31,32)(H2,25,26,27,28). The zero-order chi connectivity index (χ0) is 46.8. The monoisotopic (exact) mass is 902 g/mol. The van der Waals surface area contributed by atoms with Crippen LogP contribution in [0.1, 0.15) is 75.8 Å². The van der Waals surface area contributed by atoms with Crippen LogP contribution in [0.2, 0.25) is 0 Å². The molecule has 344 valence electrons. The average Bonchev–Trinajstić information content (AvgIpc) is 4.04. The van der Waals surface area contributed by atoms with Gasteiger partial charge in [-0.1, -0.05) is 36.4 Å². The van der Waals surface area contributed by atoms with Crippen molar-refractivity contribution >= 4 is 47.0 Å². The summed E-state index contributed by atoms with van der Waals surface area (Å²) >= 11 is 0. The highest BCUT2D eigenvalue weighted by molar-refractivity contribution is 5.95. The number of ether oxygens (including phenoxy) is 1. The number of aromatic amines is 2. The van der Waals surface area contributed by atoms with Crippen molar-refractivity contribution in [1.82, 2.24) is 40.2 Å². The molecule has 0 saturated carbocycles. The maximum absolute atomic E-state index is 14.5. The van der Waals surface area contributed by atoms with Gasteiger partial charge in [0.2, 0.25) is 0 Å². The Balaban J connectivity index is 0.000000197. The normalized spacial score (nSPS) is 15.2. The van der Waals surface area contributed by atoms with E-state index in [4.69, 9.17) is 4.74 Å². The molecule has 2 aliphatic rings. The molecular formula is C48H52F2N10O6. The number of anilines is 4. The number of carbonyl (C=O) groups excluding carboxylic acids is 3. The average molecular weight is 903 g/mol. The van der Waals surface area contributed by atoms with Gasteiger partial charge in [0.25, 0.3) is 11.8 Å². The quantitative estimate of drug-likeness (QED) is 0.0711. The number of hydrogen-bond acceptors (Lipinski definition) is 11. The van der Waals surface area contributed by atoms with Crippen LogP contribution in [0.4, 0.5) is 32.1 Å². The maximum Gasteiger partial charge on any atom is 0.312 e. The van der Waals surface area contributed by atoms with Crippen molar-refractivity contribution in [3.63, 3.8) is 0 Å². The number of carbonyl (C=O) groups is 4. The van der Waals surface area contributed by atoms with E-state index in [-0.39, 0.29) is 62.0 Å². The number of piperidine rings is 2. The number of hydrogen-bond donors (Lipinski definition) is 5. The van der Waals surface area contributed by atoms with Crippen LogP contribution in [-0.2, 0) is 27.2 Å². The fraction of sp³-hybridized carbons (Fsp3) is 0.333. The molecule has 0 aliphatic carbocycles. The summed E-state index contributed by atoms with van der Waals surface area (Å²) in [7, 11) is 0. The summed E-state index contributed by atoms with van der Waals surface area (Å²) in [6.45, 7) is 6.43. The van der Waals surface area contributed by atoms with Gasteiger partial charge in [0.15, 0.2) is 0 Å². The number of pyridine rings is 2. The Hall–Kier alpha value is -7.50. The lowest BCUT2D eigenvalue weighted by Gasteiger charge is -2.40. The van der Waals surface area contributed by atoms with E-state index in [0.717, 1.165) is 5.69 Å². The predicted octanol–water partition coefficient (Wildman–Crippen LogP) is 7.57. The van der Waals surface area contributed by atoms with Crippen molar-refractivity contribution < 1.29 is 37.8 Å². The molecule has 2 amide bonds. The Morgan fingerprint density at radius 1 is 0.652 bits per heavy atom. The lowest BCUT2D eigenvalue weighted by Crippen LogP contribution is -2.48. The first-order valence-corrected chi connectivity index (χ1v) is 21.7. The molecule has 2 aromatic carbocycles. The first kappa shape index (κ1) is 46.5. The minimum Gasteiger partial charge on any atom is -0.481 e. The van der Waals surface area contributed by atoms with Crippen molar-refractivity contribution in [1.29, 1.82) is 0 Å². The fourth-order valence-electron chi connectivity index (χ4n) is 8.36. The van der Waals surface area contributed by atoms with Gasteiger partial charge < -0.3 is 30.3 Å². The molecule has 18 heteroatoms. The first-order valence-electron chi connectivity index (χ1n) is 21.7. The van der Waals surface area contributed by atoms with E-state index in [0.29, 0.717) is 72.4 Å². The molecule has 66 heavy (non-hydrogen) atoms. The van der Waals surface area contributed by atoms with E-state index >= 15 is 0 Å². The number of carboxylic acids is 1. The molecule has 2 fully saturated rings. The van der Waals surface area contributed by atoms with Crippen LogP contribution < -0.4 is 10.6 Å². The SMILES string of the molecule is CCOC(=O)C1(Cc2cccc(Nc3ccn[nH]3)n2)CCN(C(=O)c2cccc(C)c2F)CC1.Cc1cccc(C(=O)N2CCC(Cc3cccc(Nc4ccn[nH]4)n3)(C(=O)O)CC2)c1F. The summed E-state index contributed by atoms with van der Waals surface area (Å²) in [4.78, 5) is 63.4. The molecule has 6 aromatic rings. The molecule has 16 nitrogen and oxygen atoms in total. The van der Waals surface area contributed by atoms with Crippen LogP contribution in [0.5, 0.6) is 0 Å². The van der Waals surface area contributed by atoms with E-state index in [2.05, 4.69) is 41.0 Å². The van der Waals surface area contributed by atoms with Crippen molar-refractivity contribution in [2.75, 3.05) is 43.4 Å². The van der Waals surface area contributed by atoms with Crippen LogP contribution in [-0.4, -0.2) is 102 Å². The number of carboxylic acid groups (broad SMARTS) is 1. The van der Waals surface area contributed by atoms with Crippen molar-refractivity contribution in [2.45, 2.75) is 59.3 Å². The van der Waals surface area contributed by atoms with E-state index in [9.17, 15) is 33.1 Å². The largest absolute Gasteiger partial charge is 0.481 e. The number of esters is 1. The van der Waals surface area contributed by atoms with Crippen molar-refractivity contribution in [3.05, 3.63) is 143 Å². The molecular weight excluding hydrogens is 851 g/mol. The maximum atomic E-state index is 14.5. The first-order chi connectivity index (χ1) is 31.8. The minimum atomic E-state index is -1.04. The van der Waals surface area contributed by atoms with Gasteiger partial charge in [-0.15, -0.1) is 0 Å². The molecule has 4 aromatic heterocycles. The van der Waals surface area contributed by atoms with Gasteiger partial charge in [-0.05, 0) is 94.0 Å². The zero-order valence-corrected chi connectivity index (χ0v) is 36.9. The summed E-state index contributed by atoms with van der Waals surface area (Å²) in [5, 5.41) is 29.7. The van der Waals surface area contributed by atoms with Crippen molar-refractivity contribution in [3.8, 4) is 0 Å². The van der Waals surface area contributed by atoms with Gasteiger partial charge >= 0.3 is 11.9 Å². The van der Waals surface area contributed by atoms with E-state index in [1.165, 1.54) is 17.0 Å². The van der Waals surface area contributed by atoms with Crippen LogP contribution >= 0.6 is 0 Å². The number of aromatic nitrogens is 6. The zero-order valence-electron chi connectivity index (χ0n) is 36.9. The Kier molecular flexibility index (Phi) is 14.5. The molecule has 0 spiro atoms. The van der Waals surface area contributed by atoms with E-state index in [1.54, 1.807) is 86.6 Å². The summed E-state index contributed by atoms with van der Waals surface area (Å²) in [6.07, 6.45) is 5.22. The lowest BCUT2D eigenvalue weighted by atomic mass is 9.74. The predicted molar refractivity (Wildman–Crippen MR) is 241 cm³/mol. The second-order valence-electron chi connectivity index (χ2n) is 16.6. The Morgan fingerprint density at radius 2 is 1.08 bits per heavy atom. The number of nitrogens with one attached hydrogen (secondary N) is 4. The van der Waals surface area contributed by atoms with Crippen LogP contribution in [0.25, 0.3) is 0 Å². The molecule has 5 N–H and O–H groups in total. The van der Waals surface area contributed by atoms with E-state index < -0.39 is 34.3 Å². The smallest absolute Gasteiger partial charge is 0.312 e. The molecule has 2 saturated heterocycles. The molecule has 6 heterocycles. The van der Waals surface area contributed by atoms with Gasteiger partial charge in [-0.25, -0.2) is 18.7 Å². The number of likely N-dealkylation sites (tertiary alicyclic amines) is 2. The molecule has 0 atom stereocenters. The van der Waals surface area contributed by atoms with Gasteiger partial charge in [-0.3, -0.25) is 29.4 Å². The number of halogens is 2. The third kappa shape index (κ3) is 10.7. The number of benzene rings is 2. The van der Waals surface area contributed by atoms with E-state index in [1.807, 2.05) is 24.3 Å². The molecule has 0 unspecified atom stereocenters. The number of amides is 2. The third-order valence-electron chi connectivity index (χ3n) is 12.2. The molecule has 0 bridgehead atoms. The minimum absolute atomic E-state index is 0.0204. The summed E-state index contributed by atoms with van der Waals surface area (Å²) in [6, 6.07) is 24.1. The Bertz CT molecular complexity index is 2640. The second-order valence-corrected chi connectivity index (χ2v) is 16.6. The highest BCUT2D eigenvalue weighted by Crippen LogP contribution is 2.38. The molecule has 2 aliphatic heterocycles. The van der Waals surface area contributed by atoms with Gasteiger partial charge in [0, 0.05) is 62.5 Å². The van der Waals surface area contributed by atoms with Gasteiger partial charge in [0.05, 0.1) is 41.0 Å². The van der Waals surface area contributed by atoms with Gasteiger partial charge in [-0.2, -0.15) is 10.2 Å². The summed E-state index contributed by atoms with van der Waals surface area (Å²) < 4.78 is 34.3. The van der Waals surface area contributed by atoms with Crippen LogP contribution in [0.3, 0.4) is 0 Å². The number of aryl methyl sites for hydroxylation is 2. The number of nitrogens with zero attached hydrogens (tertiary/aromatic N) is 6. The molecule has 8 rings (SSSR count). The summed E-state index contributed by atoms with van der Waals surface area (Å²) in [5.41, 5.74) is 0.443. The second kappa shape index (κ2) is 20.6. The lowest BCUT2D eigenvalue weighted by molar-refractivity contribution is -0.158. The number of aliphatic carboxylic acids is 1. The Morgan fingerprint density at radius 3 is 1.48 bits per heavy atom. The third-order valence-corrected chi connectivity index (χ3v) is 12.2. The van der Waals surface area contributed by atoms with Crippen LogP contribution in [0, 0.1) is 36.3 Å². The summed E-state index contributed by atoms with van der Waals surface area (Å²) in [5.74, 6) is -0.413. The number of rotatable bonds is 13. The highest BCUT2D eigenvalue weighted by atomic mass is 19.1. The number of H-pyrrole nitrogens is 2. The van der Waals surface area contributed by atoms with Crippen molar-refractivity contribution in [2.24, 2.45) is 10.8 Å². The Labute approximate surface area is 380 Å². The van der Waals surface area contributed by atoms with Crippen LogP contribution in [0.15, 0.2) is 97.3 Å².